The maximum Gasteiger partial charge on any atom is 0.256 e. The van der Waals surface area contributed by atoms with Crippen LogP contribution in [-0.4, -0.2) is 38.4 Å². The van der Waals surface area contributed by atoms with Gasteiger partial charge in [-0.25, -0.2) is 5.43 Å². The van der Waals surface area contributed by atoms with Crippen LogP contribution in [0.2, 0.25) is 0 Å². The molecule has 1 fully saturated rings. The van der Waals surface area contributed by atoms with Crippen molar-refractivity contribution in [3.05, 3.63) is 53.6 Å². The minimum atomic E-state index is -0.296. The lowest BCUT2D eigenvalue weighted by Crippen LogP contribution is -2.46. The molecule has 7 nitrogen and oxygen atoms in total. The largest absolute Gasteiger partial charge is 0.496 e. The molecule has 2 aromatic rings. The van der Waals surface area contributed by atoms with E-state index in [-0.39, 0.29) is 24.0 Å². The van der Waals surface area contributed by atoms with Crippen LogP contribution < -0.4 is 30.4 Å². The summed E-state index contributed by atoms with van der Waals surface area (Å²) in [4.78, 5) is 12.9. The Labute approximate surface area is 171 Å². The Hall–Kier alpha value is -2.77. The molecule has 156 valence electrons. The van der Waals surface area contributed by atoms with Gasteiger partial charge in [0.25, 0.3) is 5.91 Å². The minimum absolute atomic E-state index is 0.00328. The second-order valence-electron chi connectivity index (χ2n) is 6.83. The highest BCUT2D eigenvalue weighted by atomic mass is 16.5. The Bertz CT molecular complexity index is 843. The molecule has 0 aliphatic carbocycles. The van der Waals surface area contributed by atoms with E-state index in [2.05, 4.69) is 23.1 Å². The topological polar surface area (TPSA) is 80.9 Å². The molecule has 2 aromatic carbocycles. The van der Waals surface area contributed by atoms with Crippen molar-refractivity contribution in [1.29, 1.82) is 0 Å². The van der Waals surface area contributed by atoms with Crippen LogP contribution >= 0.6 is 0 Å². The first kappa shape index (κ1) is 21.0. The van der Waals surface area contributed by atoms with Gasteiger partial charge in [-0.05, 0) is 50.6 Å². The molecule has 0 aromatic heterocycles. The summed E-state index contributed by atoms with van der Waals surface area (Å²) in [5.41, 5.74) is 7.96. The average Bonchev–Trinajstić information content (AvgIpc) is 3.09. The number of nitrogens with one attached hydrogen (secondary N) is 3. The predicted octanol–water partition coefficient (Wildman–Crippen LogP) is 2.83. The fourth-order valence-corrected chi connectivity index (χ4v) is 3.62. The molecular formula is C22H29N3O4. The minimum Gasteiger partial charge on any atom is -0.496 e. The van der Waals surface area contributed by atoms with E-state index in [1.54, 1.807) is 19.2 Å². The van der Waals surface area contributed by atoms with Gasteiger partial charge in [0.1, 0.15) is 11.9 Å². The molecule has 7 heteroatoms. The Morgan fingerprint density at radius 1 is 1.00 bits per heavy atom. The maximum absolute atomic E-state index is 12.9. The third kappa shape index (κ3) is 4.63. The highest BCUT2D eigenvalue weighted by Gasteiger charge is 2.36. The van der Waals surface area contributed by atoms with Gasteiger partial charge >= 0.3 is 0 Å². The number of benzene rings is 2. The van der Waals surface area contributed by atoms with Gasteiger partial charge in [0.2, 0.25) is 0 Å². The summed E-state index contributed by atoms with van der Waals surface area (Å²) >= 11 is 0. The summed E-state index contributed by atoms with van der Waals surface area (Å²) in [6, 6.07) is 13.2. The van der Waals surface area contributed by atoms with Crippen LogP contribution in [0.4, 0.5) is 0 Å². The van der Waals surface area contributed by atoms with Gasteiger partial charge in [-0.2, -0.15) is 0 Å². The Morgan fingerprint density at radius 2 is 1.72 bits per heavy atom. The zero-order valence-corrected chi connectivity index (χ0v) is 17.3. The van der Waals surface area contributed by atoms with Crippen molar-refractivity contribution in [2.75, 3.05) is 20.3 Å². The molecule has 0 spiro atoms. The standard InChI is InChI=1S/C22H29N3O4/c1-5-28-18-12-11-15(13-19(18)29-6-2)20-14(3)24-25-21(20)23-22(26)16-9-7-8-10-17(16)27-4/h7-14,20-21,24-25H,5-6H2,1-4H3,(H,23,26). The summed E-state index contributed by atoms with van der Waals surface area (Å²) in [7, 11) is 1.56. The van der Waals surface area contributed by atoms with Gasteiger partial charge in [0.05, 0.1) is 25.9 Å². The summed E-state index contributed by atoms with van der Waals surface area (Å²) in [6.45, 7) is 7.08. The van der Waals surface area contributed by atoms with Crippen LogP contribution in [0.25, 0.3) is 0 Å². The molecule has 3 unspecified atom stereocenters. The van der Waals surface area contributed by atoms with Gasteiger partial charge in [-0.1, -0.05) is 18.2 Å². The lowest BCUT2D eigenvalue weighted by molar-refractivity contribution is 0.0925. The van der Waals surface area contributed by atoms with E-state index in [0.29, 0.717) is 30.3 Å². The van der Waals surface area contributed by atoms with Crippen LogP contribution in [0.3, 0.4) is 0 Å². The molecule has 1 aliphatic rings. The number of methoxy groups -OCH3 is 1. The number of amides is 1. The van der Waals surface area contributed by atoms with E-state index >= 15 is 0 Å². The van der Waals surface area contributed by atoms with Crippen LogP contribution in [0.1, 0.15) is 42.6 Å². The average molecular weight is 399 g/mol. The number of hydrogen-bond donors (Lipinski definition) is 3. The molecule has 29 heavy (non-hydrogen) atoms. The molecule has 3 rings (SSSR count). The van der Waals surface area contributed by atoms with E-state index in [9.17, 15) is 4.79 Å². The van der Waals surface area contributed by atoms with Gasteiger partial charge in [-0.15, -0.1) is 0 Å². The van der Waals surface area contributed by atoms with Crippen LogP contribution in [0, 0.1) is 0 Å². The molecule has 1 heterocycles. The number of carbonyl (C=O) groups excluding carboxylic acids is 1. The quantitative estimate of drug-likeness (QED) is 0.633. The number of hydrazine groups is 1. The molecular weight excluding hydrogens is 370 g/mol. The van der Waals surface area contributed by atoms with Gasteiger partial charge in [0, 0.05) is 12.0 Å². The third-order valence-electron chi connectivity index (χ3n) is 4.95. The lowest BCUT2D eigenvalue weighted by atomic mass is 9.91. The van der Waals surface area contributed by atoms with Crippen LogP contribution in [0.5, 0.6) is 17.2 Å². The molecule has 3 N–H and O–H groups in total. The molecule has 1 aliphatic heterocycles. The van der Waals surface area contributed by atoms with Gasteiger partial charge < -0.3 is 19.5 Å². The van der Waals surface area contributed by atoms with Gasteiger partial charge in [-0.3, -0.25) is 10.2 Å². The van der Waals surface area contributed by atoms with Gasteiger partial charge in [0.15, 0.2) is 11.5 Å². The molecule has 0 bridgehead atoms. The number of rotatable bonds is 8. The molecule has 1 amide bonds. The summed E-state index contributed by atoms with van der Waals surface area (Å²) < 4.78 is 16.8. The normalized spacial score (nSPS) is 20.9. The smallest absolute Gasteiger partial charge is 0.256 e. The Kier molecular flexibility index (Phi) is 6.95. The highest BCUT2D eigenvalue weighted by Crippen LogP contribution is 2.34. The highest BCUT2D eigenvalue weighted by molar-refractivity contribution is 5.97. The number of para-hydroxylation sites is 1. The number of hydrogen-bond acceptors (Lipinski definition) is 6. The zero-order chi connectivity index (χ0) is 20.8. The summed E-state index contributed by atoms with van der Waals surface area (Å²) in [6.07, 6.45) is -0.296. The second kappa shape index (κ2) is 9.62. The number of ether oxygens (including phenoxy) is 3. The number of carbonyl (C=O) groups is 1. The SMILES string of the molecule is CCOc1ccc(C2C(C)NNC2NC(=O)c2ccccc2OC)cc1OCC. The molecule has 3 atom stereocenters. The van der Waals surface area contributed by atoms with Crippen LogP contribution in [0.15, 0.2) is 42.5 Å². The third-order valence-corrected chi connectivity index (χ3v) is 4.95. The Balaban J connectivity index is 1.84. The van der Waals surface area contributed by atoms with Crippen molar-refractivity contribution in [2.24, 2.45) is 0 Å². The van der Waals surface area contributed by atoms with E-state index in [0.717, 1.165) is 11.3 Å². The Morgan fingerprint density at radius 3 is 2.45 bits per heavy atom. The maximum atomic E-state index is 12.9. The van der Waals surface area contributed by atoms with Crippen molar-refractivity contribution in [3.8, 4) is 17.2 Å². The summed E-state index contributed by atoms with van der Waals surface area (Å²) in [5, 5.41) is 3.08. The van der Waals surface area contributed by atoms with E-state index in [1.807, 2.05) is 44.2 Å². The van der Waals surface area contributed by atoms with Crippen molar-refractivity contribution < 1.29 is 19.0 Å². The van der Waals surface area contributed by atoms with E-state index in [4.69, 9.17) is 14.2 Å². The van der Waals surface area contributed by atoms with Crippen LogP contribution in [-0.2, 0) is 0 Å². The van der Waals surface area contributed by atoms with Crippen molar-refractivity contribution in [1.82, 2.24) is 16.2 Å². The van der Waals surface area contributed by atoms with E-state index in [1.165, 1.54) is 0 Å². The first-order valence-corrected chi connectivity index (χ1v) is 9.93. The molecule has 0 radical (unpaired) electrons. The van der Waals surface area contributed by atoms with Crippen molar-refractivity contribution >= 4 is 5.91 Å². The van der Waals surface area contributed by atoms with Crippen molar-refractivity contribution in [3.63, 3.8) is 0 Å². The lowest BCUT2D eigenvalue weighted by Gasteiger charge is -2.24. The first-order valence-electron chi connectivity index (χ1n) is 9.93. The predicted molar refractivity (Wildman–Crippen MR) is 112 cm³/mol. The first-order chi connectivity index (χ1) is 14.1. The molecule has 1 saturated heterocycles. The van der Waals surface area contributed by atoms with Crippen molar-refractivity contribution in [2.45, 2.75) is 38.9 Å². The monoisotopic (exact) mass is 399 g/mol. The fraction of sp³-hybridized carbons (Fsp3) is 0.409. The van der Waals surface area contributed by atoms with E-state index < -0.39 is 0 Å². The zero-order valence-electron chi connectivity index (χ0n) is 17.3. The molecule has 0 saturated carbocycles. The fourth-order valence-electron chi connectivity index (χ4n) is 3.62. The summed E-state index contributed by atoms with van der Waals surface area (Å²) in [5.74, 6) is 1.78. The second-order valence-corrected chi connectivity index (χ2v) is 6.83.